The molecule has 1 amide bonds. The minimum atomic E-state index is -0.356. The Morgan fingerprint density at radius 3 is 2.60 bits per heavy atom. The number of carbonyl (C=O) groups excluding carboxylic acids is 2. The van der Waals surface area contributed by atoms with Crippen LogP contribution in [0.1, 0.15) is 38.1 Å². The van der Waals surface area contributed by atoms with Gasteiger partial charge in [-0.05, 0) is 31.9 Å². The van der Waals surface area contributed by atoms with Crippen LogP contribution in [0.15, 0.2) is 28.6 Å². The first-order valence-corrected chi connectivity index (χ1v) is 9.71. The average molecular weight is 379 g/mol. The standard InChI is InChI=1S/C17H22N4O2S2/c1-10(2)9-18-16-20-21-17(25-16)24-12(4)15(23)19-14-8-6-5-7-13(14)11(3)22/h5-8,10,12H,9H2,1-4H3,(H,18,20)(H,19,23)/t12-/m1/s1. The summed E-state index contributed by atoms with van der Waals surface area (Å²) in [4.78, 5) is 24.1. The van der Waals surface area contributed by atoms with Crippen LogP contribution in [0.4, 0.5) is 10.8 Å². The Labute approximate surface area is 155 Å². The van der Waals surface area contributed by atoms with E-state index in [1.165, 1.54) is 30.0 Å². The number of para-hydroxylation sites is 1. The van der Waals surface area contributed by atoms with Gasteiger partial charge in [0.05, 0.1) is 10.9 Å². The number of anilines is 2. The summed E-state index contributed by atoms with van der Waals surface area (Å²) in [6.07, 6.45) is 0. The molecule has 2 N–H and O–H groups in total. The number of ketones is 1. The zero-order valence-corrected chi connectivity index (χ0v) is 16.3. The second kappa shape index (κ2) is 8.96. The lowest BCUT2D eigenvalue weighted by Gasteiger charge is -2.12. The van der Waals surface area contributed by atoms with Gasteiger partial charge in [0.1, 0.15) is 0 Å². The van der Waals surface area contributed by atoms with Gasteiger partial charge < -0.3 is 10.6 Å². The van der Waals surface area contributed by atoms with E-state index < -0.39 is 0 Å². The molecule has 0 aliphatic rings. The van der Waals surface area contributed by atoms with Crippen molar-refractivity contribution < 1.29 is 9.59 Å². The smallest absolute Gasteiger partial charge is 0.237 e. The summed E-state index contributed by atoms with van der Waals surface area (Å²) in [7, 11) is 0. The first kappa shape index (κ1) is 19.4. The first-order valence-electron chi connectivity index (χ1n) is 8.01. The third kappa shape index (κ3) is 5.82. The molecular formula is C17H22N4O2S2. The summed E-state index contributed by atoms with van der Waals surface area (Å²) in [6, 6.07) is 6.99. The maximum absolute atomic E-state index is 12.4. The normalized spacial score (nSPS) is 12.0. The van der Waals surface area contributed by atoms with Crippen molar-refractivity contribution >= 4 is 45.6 Å². The molecule has 134 valence electrons. The number of hydrogen-bond donors (Lipinski definition) is 2. The molecule has 1 heterocycles. The molecule has 8 heteroatoms. The third-order valence-corrected chi connectivity index (χ3v) is 5.34. The summed E-state index contributed by atoms with van der Waals surface area (Å²) in [6.45, 7) is 8.36. The molecule has 0 radical (unpaired) electrons. The minimum Gasteiger partial charge on any atom is -0.360 e. The number of aromatic nitrogens is 2. The van der Waals surface area contributed by atoms with E-state index in [0.717, 1.165) is 16.0 Å². The fourth-order valence-corrected chi connectivity index (χ4v) is 3.86. The number of carbonyl (C=O) groups is 2. The van der Waals surface area contributed by atoms with Crippen molar-refractivity contribution in [2.24, 2.45) is 5.92 Å². The highest BCUT2D eigenvalue weighted by atomic mass is 32.2. The van der Waals surface area contributed by atoms with Crippen LogP contribution < -0.4 is 10.6 Å². The van der Waals surface area contributed by atoms with Crippen molar-refractivity contribution in [2.75, 3.05) is 17.2 Å². The van der Waals surface area contributed by atoms with Crippen molar-refractivity contribution in [3.63, 3.8) is 0 Å². The molecular weight excluding hydrogens is 356 g/mol. The second-order valence-electron chi connectivity index (χ2n) is 6.00. The Balaban J connectivity index is 1.96. The van der Waals surface area contributed by atoms with Gasteiger partial charge in [0.2, 0.25) is 11.0 Å². The maximum Gasteiger partial charge on any atom is 0.237 e. The van der Waals surface area contributed by atoms with Gasteiger partial charge >= 0.3 is 0 Å². The highest BCUT2D eigenvalue weighted by Crippen LogP contribution is 2.29. The van der Waals surface area contributed by atoms with Gasteiger partial charge in [-0.25, -0.2) is 0 Å². The fourth-order valence-electron chi connectivity index (χ4n) is 1.96. The molecule has 25 heavy (non-hydrogen) atoms. The summed E-state index contributed by atoms with van der Waals surface area (Å²) >= 11 is 2.78. The number of nitrogens with one attached hydrogen (secondary N) is 2. The SMILES string of the molecule is CC(=O)c1ccccc1NC(=O)[C@@H](C)Sc1nnc(NCC(C)C)s1. The molecule has 1 aromatic carbocycles. The molecule has 0 unspecified atom stereocenters. The van der Waals surface area contributed by atoms with Crippen molar-refractivity contribution in [1.29, 1.82) is 0 Å². The van der Waals surface area contributed by atoms with Gasteiger partial charge in [0.15, 0.2) is 10.1 Å². The van der Waals surface area contributed by atoms with Crippen LogP contribution in [0.2, 0.25) is 0 Å². The zero-order chi connectivity index (χ0) is 18.4. The van der Waals surface area contributed by atoms with Crippen LogP contribution in [0.5, 0.6) is 0 Å². The fraction of sp³-hybridized carbons (Fsp3) is 0.412. The van der Waals surface area contributed by atoms with E-state index in [9.17, 15) is 9.59 Å². The Kier molecular flexibility index (Phi) is 6.95. The average Bonchev–Trinajstić information content (AvgIpc) is 3.00. The molecule has 2 rings (SSSR count). The molecule has 1 atom stereocenters. The largest absolute Gasteiger partial charge is 0.360 e. The van der Waals surface area contributed by atoms with Crippen LogP contribution in [0.3, 0.4) is 0 Å². The van der Waals surface area contributed by atoms with Crippen LogP contribution in [-0.2, 0) is 4.79 Å². The van der Waals surface area contributed by atoms with Gasteiger partial charge in [-0.3, -0.25) is 9.59 Å². The first-order chi connectivity index (χ1) is 11.9. The van der Waals surface area contributed by atoms with E-state index in [-0.39, 0.29) is 16.9 Å². The van der Waals surface area contributed by atoms with Crippen molar-refractivity contribution in [2.45, 2.75) is 37.3 Å². The number of hydrogen-bond acceptors (Lipinski definition) is 7. The van der Waals surface area contributed by atoms with E-state index in [0.29, 0.717) is 17.2 Å². The third-order valence-electron chi connectivity index (χ3n) is 3.28. The van der Waals surface area contributed by atoms with Crippen molar-refractivity contribution in [3.8, 4) is 0 Å². The Hall–Kier alpha value is -1.93. The van der Waals surface area contributed by atoms with Crippen LogP contribution in [0.25, 0.3) is 0 Å². The lowest BCUT2D eigenvalue weighted by Crippen LogP contribution is -2.23. The van der Waals surface area contributed by atoms with Crippen LogP contribution in [-0.4, -0.2) is 33.7 Å². The number of amides is 1. The van der Waals surface area contributed by atoms with Gasteiger partial charge in [-0.2, -0.15) is 0 Å². The Morgan fingerprint density at radius 2 is 1.92 bits per heavy atom. The molecule has 0 saturated carbocycles. The molecule has 1 aromatic heterocycles. The van der Waals surface area contributed by atoms with E-state index in [4.69, 9.17) is 0 Å². The molecule has 0 aliphatic heterocycles. The predicted octanol–water partition coefficient (Wildman–Crippen LogP) is 3.93. The highest BCUT2D eigenvalue weighted by Gasteiger charge is 2.19. The molecule has 6 nitrogen and oxygen atoms in total. The monoisotopic (exact) mass is 378 g/mol. The van der Waals surface area contributed by atoms with E-state index >= 15 is 0 Å². The molecule has 0 aliphatic carbocycles. The molecule has 0 spiro atoms. The van der Waals surface area contributed by atoms with E-state index in [2.05, 4.69) is 34.7 Å². The Morgan fingerprint density at radius 1 is 1.20 bits per heavy atom. The highest BCUT2D eigenvalue weighted by molar-refractivity contribution is 8.02. The van der Waals surface area contributed by atoms with Gasteiger partial charge in [-0.1, -0.05) is 49.1 Å². The minimum absolute atomic E-state index is 0.0822. The van der Waals surface area contributed by atoms with Crippen LogP contribution in [0, 0.1) is 5.92 Å². The molecule has 0 saturated heterocycles. The second-order valence-corrected chi connectivity index (χ2v) is 8.56. The summed E-state index contributed by atoms with van der Waals surface area (Å²) in [5, 5.41) is 14.6. The van der Waals surface area contributed by atoms with Crippen molar-refractivity contribution in [3.05, 3.63) is 29.8 Å². The van der Waals surface area contributed by atoms with Crippen molar-refractivity contribution in [1.82, 2.24) is 10.2 Å². The number of rotatable bonds is 8. The van der Waals surface area contributed by atoms with Gasteiger partial charge in [0.25, 0.3) is 0 Å². The zero-order valence-electron chi connectivity index (χ0n) is 14.7. The van der Waals surface area contributed by atoms with E-state index in [1.807, 2.05) is 0 Å². The summed E-state index contributed by atoms with van der Waals surface area (Å²) < 4.78 is 0.730. The molecule has 2 aromatic rings. The predicted molar refractivity (Wildman–Crippen MR) is 104 cm³/mol. The lowest BCUT2D eigenvalue weighted by molar-refractivity contribution is -0.115. The molecule has 0 bridgehead atoms. The summed E-state index contributed by atoms with van der Waals surface area (Å²) in [5.41, 5.74) is 1.04. The summed E-state index contributed by atoms with van der Waals surface area (Å²) in [5.74, 6) is 0.262. The number of benzene rings is 1. The van der Waals surface area contributed by atoms with Gasteiger partial charge in [0, 0.05) is 12.1 Å². The molecule has 0 fully saturated rings. The quantitative estimate of drug-likeness (QED) is 0.535. The van der Waals surface area contributed by atoms with Gasteiger partial charge in [-0.15, -0.1) is 10.2 Å². The number of nitrogens with zero attached hydrogens (tertiary/aromatic N) is 2. The Bertz CT molecular complexity index is 746. The number of thioether (sulfide) groups is 1. The lowest BCUT2D eigenvalue weighted by atomic mass is 10.1. The number of Topliss-reactive ketones (excluding diaryl/α,β-unsaturated/α-hetero) is 1. The maximum atomic E-state index is 12.4. The van der Waals surface area contributed by atoms with E-state index in [1.54, 1.807) is 31.2 Å². The topological polar surface area (TPSA) is 84.0 Å². The van der Waals surface area contributed by atoms with Crippen LogP contribution >= 0.6 is 23.1 Å².